The highest BCUT2D eigenvalue weighted by molar-refractivity contribution is 6.28. The summed E-state index contributed by atoms with van der Waals surface area (Å²) in [6.45, 7) is 5.93. The zero-order valence-corrected chi connectivity index (χ0v) is 11.9. The van der Waals surface area contributed by atoms with Crippen LogP contribution in [0.15, 0.2) is 24.3 Å². The first-order valence-electron chi connectivity index (χ1n) is 6.29. The lowest BCUT2D eigenvalue weighted by Gasteiger charge is -2.09. The lowest BCUT2D eigenvalue weighted by Crippen LogP contribution is -2.11. The van der Waals surface area contributed by atoms with Crippen LogP contribution in [0.5, 0.6) is 5.88 Å². The molecule has 2 aromatic rings. The van der Waals surface area contributed by atoms with Gasteiger partial charge in [-0.1, -0.05) is 26.0 Å². The maximum Gasteiger partial charge on any atom is 0.226 e. The molecule has 5 heteroatoms. The van der Waals surface area contributed by atoms with Gasteiger partial charge in [0, 0.05) is 6.61 Å². The van der Waals surface area contributed by atoms with Crippen molar-refractivity contribution in [2.75, 3.05) is 19.8 Å². The molecule has 0 aliphatic carbocycles. The van der Waals surface area contributed by atoms with Gasteiger partial charge in [0.15, 0.2) is 0 Å². The number of para-hydroxylation sites is 1. The molecule has 0 bridgehead atoms. The van der Waals surface area contributed by atoms with E-state index < -0.39 is 0 Å². The molecule has 0 radical (unpaired) electrons. The summed E-state index contributed by atoms with van der Waals surface area (Å²) in [5.41, 5.74) is 0.778. The van der Waals surface area contributed by atoms with Gasteiger partial charge < -0.3 is 9.47 Å². The van der Waals surface area contributed by atoms with Crippen LogP contribution in [-0.4, -0.2) is 29.8 Å². The van der Waals surface area contributed by atoms with E-state index in [-0.39, 0.29) is 5.28 Å². The zero-order chi connectivity index (χ0) is 13.7. The number of aromatic nitrogens is 2. The van der Waals surface area contributed by atoms with Crippen LogP contribution in [0.4, 0.5) is 0 Å². The summed E-state index contributed by atoms with van der Waals surface area (Å²) in [6, 6.07) is 7.61. The van der Waals surface area contributed by atoms with Crippen LogP contribution in [0.3, 0.4) is 0 Å². The Kier molecular flexibility index (Phi) is 4.93. The normalized spacial score (nSPS) is 11.2. The fraction of sp³-hybridized carbons (Fsp3) is 0.429. The maximum absolute atomic E-state index is 5.87. The Hall–Kier alpha value is -1.39. The van der Waals surface area contributed by atoms with Gasteiger partial charge in [-0.05, 0) is 29.7 Å². The fourth-order valence-corrected chi connectivity index (χ4v) is 1.81. The molecule has 0 aliphatic heterocycles. The first-order chi connectivity index (χ1) is 9.16. The highest BCUT2D eigenvalue weighted by atomic mass is 35.5. The molecule has 0 fully saturated rings. The molecular formula is C14H17ClN2O2. The Balaban J connectivity index is 2.00. The number of fused-ring (bicyclic) bond motifs is 1. The van der Waals surface area contributed by atoms with E-state index in [0.717, 1.165) is 17.5 Å². The predicted octanol–water partition coefficient (Wildman–Crippen LogP) is 3.33. The lowest BCUT2D eigenvalue weighted by molar-refractivity contribution is 0.0811. The van der Waals surface area contributed by atoms with E-state index in [4.69, 9.17) is 21.1 Å². The molecule has 2 rings (SSSR count). The third kappa shape index (κ3) is 4.04. The highest BCUT2D eigenvalue weighted by Crippen LogP contribution is 2.23. The van der Waals surface area contributed by atoms with E-state index in [1.54, 1.807) is 0 Å². The fourth-order valence-electron chi connectivity index (χ4n) is 1.65. The Morgan fingerprint density at radius 1 is 1.16 bits per heavy atom. The number of rotatable bonds is 6. The van der Waals surface area contributed by atoms with Gasteiger partial charge in [0.05, 0.1) is 17.5 Å². The Bertz CT molecular complexity index is 546. The molecular weight excluding hydrogens is 264 g/mol. The highest BCUT2D eigenvalue weighted by Gasteiger charge is 2.07. The van der Waals surface area contributed by atoms with Crippen molar-refractivity contribution in [2.24, 2.45) is 5.92 Å². The molecule has 1 aromatic carbocycles. The van der Waals surface area contributed by atoms with Crippen molar-refractivity contribution >= 4 is 22.5 Å². The summed E-state index contributed by atoms with van der Waals surface area (Å²) < 4.78 is 11.1. The standard InChI is InChI=1S/C14H17ClN2O2/c1-10(2)9-18-7-8-19-13-11-5-3-4-6-12(11)16-14(15)17-13/h3-6,10H,7-9H2,1-2H3. The molecule has 0 saturated carbocycles. The molecule has 0 saturated heterocycles. The van der Waals surface area contributed by atoms with Crippen molar-refractivity contribution in [3.05, 3.63) is 29.5 Å². The van der Waals surface area contributed by atoms with E-state index in [9.17, 15) is 0 Å². The molecule has 0 aliphatic rings. The minimum Gasteiger partial charge on any atom is -0.475 e. The largest absolute Gasteiger partial charge is 0.475 e. The number of halogens is 1. The monoisotopic (exact) mass is 280 g/mol. The molecule has 0 amide bonds. The average Bonchev–Trinajstić information content (AvgIpc) is 2.37. The van der Waals surface area contributed by atoms with Crippen molar-refractivity contribution in [3.63, 3.8) is 0 Å². The summed E-state index contributed by atoms with van der Waals surface area (Å²) in [5, 5.41) is 1.05. The van der Waals surface area contributed by atoms with Crippen LogP contribution in [-0.2, 0) is 4.74 Å². The second-order valence-electron chi connectivity index (χ2n) is 4.63. The number of hydrogen-bond acceptors (Lipinski definition) is 4. The van der Waals surface area contributed by atoms with E-state index >= 15 is 0 Å². The van der Waals surface area contributed by atoms with Crippen LogP contribution in [0, 0.1) is 5.92 Å². The first kappa shape index (κ1) is 14.0. The van der Waals surface area contributed by atoms with Gasteiger partial charge in [-0.25, -0.2) is 4.98 Å². The van der Waals surface area contributed by atoms with Gasteiger partial charge in [0.1, 0.15) is 6.61 Å². The van der Waals surface area contributed by atoms with Crippen molar-refractivity contribution in [2.45, 2.75) is 13.8 Å². The summed E-state index contributed by atoms with van der Waals surface area (Å²) in [7, 11) is 0. The van der Waals surface area contributed by atoms with E-state index in [1.807, 2.05) is 24.3 Å². The summed E-state index contributed by atoms with van der Waals surface area (Å²) >= 11 is 5.87. The molecule has 0 unspecified atom stereocenters. The Morgan fingerprint density at radius 2 is 1.95 bits per heavy atom. The quantitative estimate of drug-likeness (QED) is 0.601. The molecule has 1 aromatic heterocycles. The van der Waals surface area contributed by atoms with Gasteiger partial charge >= 0.3 is 0 Å². The molecule has 1 heterocycles. The van der Waals surface area contributed by atoms with Crippen LogP contribution in [0.1, 0.15) is 13.8 Å². The lowest BCUT2D eigenvalue weighted by atomic mass is 10.2. The van der Waals surface area contributed by atoms with E-state index in [2.05, 4.69) is 23.8 Å². The van der Waals surface area contributed by atoms with Crippen molar-refractivity contribution in [3.8, 4) is 5.88 Å². The molecule has 0 spiro atoms. The van der Waals surface area contributed by atoms with Gasteiger partial charge in [-0.2, -0.15) is 4.98 Å². The van der Waals surface area contributed by atoms with Gasteiger partial charge in [-0.15, -0.1) is 0 Å². The summed E-state index contributed by atoms with van der Waals surface area (Å²) in [6.07, 6.45) is 0. The SMILES string of the molecule is CC(C)COCCOc1nc(Cl)nc2ccccc12. The van der Waals surface area contributed by atoms with Crippen LogP contribution in [0.2, 0.25) is 5.28 Å². The smallest absolute Gasteiger partial charge is 0.226 e. The summed E-state index contributed by atoms with van der Waals surface area (Å²) in [4.78, 5) is 8.26. The molecule has 102 valence electrons. The number of nitrogens with zero attached hydrogens (tertiary/aromatic N) is 2. The second-order valence-corrected chi connectivity index (χ2v) is 4.97. The molecule has 0 N–H and O–H groups in total. The topological polar surface area (TPSA) is 44.2 Å². The van der Waals surface area contributed by atoms with Gasteiger partial charge in [0.2, 0.25) is 11.2 Å². The second kappa shape index (κ2) is 6.68. The molecule has 19 heavy (non-hydrogen) atoms. The number of ether oxygens (including phenoxy) is 2. The average molecular weight is 281 g/mol. The number of benzene rings is 1. The Morgan fingerprint density at radius 3 is 2.74 bits per heavy atom. The van der Waals surface area contributed by atoms with Gasteiger partial charge in [0.25, 0.3) is 0 Å². The van der Waals surface area contributed by atoms with Crippen molar-refractivity contribution < 1.29 is 9.47 Å². The Labute approximate surface area is 117 Å². The third-order valence-corrected chi connectivity index (χ3v) is 2.63. The van der Waals surface area contributed by atoms with E-state index in [1.165, 1.54) is 0 Å². The minimum atomic E-state index is 0.191. The minimum absolute atomic E-state index is 0.191. The third-order valence-electron chi connectivity index (χ3n) is 2.46. The predicted molar refractivity (Wildman–Crippen MR) is 75.7 cm³/mol. The van der Waals surface area contributed by atoms with Crippen LogP contribution in [0.25, 0.3) is 10.9 Å². The molecule has 0 atom stereocenters. The maximum atomic E-state index is 5.87. The van der Waals surface area contributed by atoms with Crippen molar-refractivity contribution in [1.82, 2.24) is 9.97 Å². The first-order valence-corrected chi connectivity index (χ1v) is 6.67. The van der Waals surface area contributed by atoms with Crippen molar-refractivity contribution in [1.29, 1.82) is 0 Å². The van der Waals surface area contributed by atoms with Crippen LogP contribution < -0.4 is 4.74 Å². The number of hydrogen-bond donors (Lipinski definition) is 0. The van der Waals surface area contributed by atoms with Gasteiger partial charge in [-0.3, -0.25) is 0 Å². The molecule has 4 nitrogen and oxygen atoms in total. The van der Waals surface area contributed by atoms with E-state index in [0.29, 0.717) is 25.0 Å². The summed E-state index contributed by atoms with van der Waals surface area (Å²) in [5.74, 6) is 1.03. The van der Waals surface area contributed by atoms with Crippen LogP contribution >= 0.6 is 11.6 Å². The zero-order valence-electron chi connectivity index (χ0n) is 11.1.